The van der Waals surface area contributed by atoms with E-state index >= 15 is 0 Å². The number of amides is 2. The molecule has 0 radical (unpaired) electrons. The molecule has 1 saturated carbocycles. The third-order valence-corrected chi connectivity index (χ3v) is 4.51. The van der Waals surface area contributed by atoms with E-state index in [1.165, 1.54) is 4.90 Å². The molecule has 21 heavy (non-hydrogen) atoms. The molecule has 2 atom stereocenters. The van der Waals surface area contributed by atoms with Gasteiger partial charge in [-0.25, -0.2) is 0 Å². The van der Waals surface area contributed by atoms with E-state index in [2.05, 4.69) is 10.2 Å². The quantitative estimate of drug-likeness (QED) is 0.859. The zero-order chi connectivity index (χ0) is 14.4. The zero-order valence-corrected chi connectivity index (χ0v) is 11.5. The number of imide groups is 1. The van der Waals surface area contributed by atoms with Crippen molar-refractivity contribution in [2.75, 3.05) is 4.90 Å². The molecule has 1 aliphatic carbocycles. The van der Waals surface area contributed by atoms with Gasteiger partial charge < -0.3 is 0 Å². The van der Waals surface area contributed by atoms with Crippen LogP contribution in [0.2, 0.25) is 0 Å². The molecule has 1 aliphatic heterocycles. The molecule has 1 aromatic carbocycles. The number of nitrogens with one attached hydrogen (secondary N) is 1. The minimum Gasteiger partial charge on any atom is -0.278 e. The Morgan fingerprint density at radius 2 is 1.67 bits per heavy atom. The molecule has 5 heteroatoms. The normalized spacial score (nSPS) is 24.7. The maximum absolute atomic E-state index is 12.4. The molecular weight excluding hydrogens is 266 g/mol. The summed E-state index contributed by atoms with van der Waals surface area (Å²) >= 11 is 0. The first-order chi connectivity index (χ1) is 10.2. The van der Waals surface area contributed by atoms with Crippen molar-refractivity contribution in [1.82, 2.24) is 10.2 Å². The predicted molar refractivity (Wildman–Crippen MR) is 77.3 cm³/mol. The maximum Gasteiger partial charge on any atom is 0.236 e. The van der Waals surface area contributed by atoms with E-state index in [-0.39, 0.29) is 23.7 Å². The minimum absolute atomic E-state index is 0.0278. The standard InChI is InChI=1S/C16H15N3O2/c20-15-11-1-2-12(9-11)16(21)19(15)13-5-3-10(4-6-13)14-7-8-17-18-14/h3-8,11-12H,1-2,9H2,(H,17,18). The lowest BCUT2D eigenvalue weighted by Gasteiger charge is -2.29. The van der Waals surface area contributed by atoms with Crippen LogP contribution in [0.15, 0.2) is 36.5 Å². The van der Waals surface area contributed by atoms with Crippen molar-refractivity contribution in [2.24, 2.45) is 11.8 Å². The molecule has 2 aliphatic rings. The largest absolute Gasteiger partial charge is 0.278 e. The summed E-state index contributed by atoms with van der Waals surface area (Å²) in [5, 5.41) is 6.82. The number of H-pyrrole nitrogens is 1. The molecule has 106 valence electrons. The average Bonchev–Trinajstić information content (AvgIpc) is 3.17. The van der Waals surface area contributed by atoms with E-state index in [1.54, 1.807) is 6.20 Å². The van der Waals surface area contributed by atoms with Gasteiger partial charge in [0.05, 0.1) is 11.4 Å². The van der Waals surface area contributed by atoms with Crippen LogP contribution in [-0.4, -0.2) is 22.0 Å². The lowest BCUT2D eigenvalue weighted by Crippen LogP contribution is -2.46. The monoisotopic (exact) mass is 281 g/mol. The highest BCUT2D eigenvalue weighted by molar-refractivity contribution is 6.18. The second kappa shape index (κ2) is 4.55. The third kappa shape index (κ3) is 1.88. The Hall–Kier alpha value is -2.43. The highest BCUT2D eigenvalue weighted by atomic mass is 16.2. The highest BCUT2D eigenvalue weighted by Crippen LogP contribution is 2.40. The molecule has 2 bridgehead atoms. The van der Waals surface area contributed by atoms with E-state index in [0.717, 1.165) is 30.5 Å². The Morgan fingerprint density at radius 3 is 2.24 bits per heavy atom. The Bertz CT molecular complexity index is 669. The lowest BCUT2D eigenvalue weighted by molar-refractivity contribution is -0.132. The number of hydrogen-bond donors (Lipinski definition) is 1. The van der Waals surface area contributed by atoms with Gasteiger partial charge in [-0.05, 0) is 43.0 Å². The Labute approximate surface area is 122 Å². The van der Waals surface area contributed by atoms with Crippen LogP contribution in [0, 0.1) is 11.8 Å². The number of benzene rings is 1. The number of anilines is 1. The van der Waals surface area contributed by atoms with Gasteiger partial charge >= 0.3 is 0 Å². The molecule has 2 fully saturated rings. The van der Waals surface area contributed by atoms with Crippen LogP contribution in [0.3, 0.4) is 0 Å². The fourth-order valence-electron chi connectivity index (χ4n) is 3.37. The van der Waals surface area contributed by atoms with Crippen molar-refractivity contribution in [3.8, 4) is 11.3 Å². The predicted octanol–water partition coefficient (Wildman–Crippen LogP) is 2.37. The number of rotatable bonds is 2. The van der Waals surface area contributed by atoms with Gasteiger partial charge in [0, 0.05) is 18.0 Å². The summed E-state index contributed by atoms with van der Waals surface area (Å²) in [5.41, 5.74) is 2.57. The summed E-state index contributed by atoms with van der Waals surface area (Å²) < 4.78 is 0. The number of carbonyl (C=O) groups is 2. The van der Waals surface area contributed by atoms with Crippen molar-refractivity contribution >= 4 is 17.5 Å². The van der Waals surface area contributed by atoms with E-state index in [9.17, 15) is 9.59 Å². The summed E-state index contributed by atoms with van der Waals surface area (Å²) in [4.78, 5) is 26.2. The maximum atomic E-state index is 12.4. The van der Waals surface area contributed by atoms with E-state index in [0.29, 0.717) is 5.69 Å². The molecule has 5 nitrogen and oxygen atoms in total. The zero-order valence-electron chi connectivity index (χ0n) is 11.5. The van der Waals surface area contributed by atoms with Crippen LogP contribution in [-0.2, 0) is 9.59 Å². The molecule has 4 rings (SSSR count). The van der Waals surface area contributed by atoms with Crippen molar-refractivity contribution in [3.05, 3.63) is 36.5 Å². The van der Waals surface area contributed by atoms with Gasteiger partial charge in [-0.2, -0.15) is 5.10 Å². The number of fused-ring (bicyclic) bond motifs is 2. The fraction of sp³-hybridized carbons (Fsp3) is 0.312. The summed E-state index contributed by atoms with van der Waals surface area (Å²) in [5.74, 6) is -0.0222. The molecule has 1 aromatic heterocycles. The second-order valence-electron chi connectivity index (χ2n) is 5.74. The molecule has 1 N–H and O–H groups in total. The van der Waals surface area contributed by atoms with Crippen molar-refractivity contribution in [3.63, 3.8) is 0 Å². The first-order valence-corrected chi connectivity index (χ1v) is 7.21. The summed E-state index contributed by atoms with van der Waals surface area (Å²) in [6.45, 7) is 0. The van der Waals surface area contributed by atoms with Crippen LogP contribution in [0.25, 0.3) is 11.3 Å². The van der Waals surface area contributed by atoms with Gasteiger partial charge in [-0.15, -0.1) is 0 Å². The number of piperidine rings is 1. The van der Waals surface area contributed by atoms with Gasteiger partial charge in [0.25, 0.3) is 0 Å². The van der Waals surface area contributed by atoms with Crippen LogP contribution in [0.1, 0.15) is 19.3 Å². The van der Waals surface area contributed by atoms with E-state index in [4.69, 9.17) is 0 Å². The van der Waals surface area contributed by atoms with Crippen molar-refractivity contribution in [2.45, 2.75) is 19.3 Å². The van der Waals surface area contributed by atoms with Gasteiger partial charge in [0.2, 0.25) is 11.8 Å². The fourth-order valence-corrected chi connectivity index (χ4v) is 3.37. The van der Waals surface area contributed by atoms with Crippen LogP contribution in [0.4, 0.5) is 5.69 Å². The lowest BCUT2D eigenvalue weighted by atomic mass is 9.96. The molecule has 2 amide bonds. The molecule has 2 unspecified atom stereocenters. The van der Waals surface area contributed by atoms with Crippen LogP contribution < -0.4 is 4.90 Å². The SMILES string of the molecule is O=C1C2CCC(C2)C(=O)N1c1ccc(-c2ccn[nH]2)cc1. The first kappa shape index (κ1) is 12.3. The van der Waals surface area contributed by atoms with Gasteiger partial charge in [0.1, 0.15) is 0 Å². The molecule has 2 aromatic rings. The summed E-state index contributed by atoms with van der Waals surface area (Å²) in [6.07, 6.45) is 4.12. The first-order valence-electron chi connectivity index (χ1n) is 7.21. The van der Waals surface area contributed by atoms with Gasteiger partial charge in [-0.1, -0.05) is 12.1 Å². The van der Waals surface area contributed by atoms with E-state index in [1.807, 2.05) is 30.3 Å². The number of carbonyl (C=O) groups excluding carboxylic acids is 2. The van der Waals surface area contributed by atoms with Crippen molar-refractivity contribution in [1.29, 1.82) is 0 Å². The number of aromatic nitrogens is 2. The Morgan fingerprint density at radius 1 is 1.00 bits per heavy atom. The summed E-state index contributed by atoms with van der Waals surface area (Å²) in [7, 11) is 0. The van der Waals surface area contributed by atoms with Gasteiger partial charge in [0.15, 0.2) is 0 Å². The second-order valence-corrected chi connectivity index (χ2v) is 5.74. The number of hydrogen-bond acceptors (Lipinski definition) is 3. The third-order valence-electron chi connectivity index (χ3n) is 4.51. The smallest absolute Gasteiger partial charge is 0.236 e. The van der Waals surface area contributed by atoms with Gasteiger partial charge in [-0.3, -0.25) is 19.6 Å². The number of aromatic amines is 1. The van der Waals surface area contributed by atoms with Crippen LogP contribution in [0.5, 0.6) is 0 Å². The van der Waals surface area contributed by atoms with E-state index < -0.39 is 0 Å². The summed E-state index contributed by atoms with van der Waals surface area (Å²) in [6, 6.07) is 9.35. The molecular formula is C16H15N3O2. The number of nitrogens with zero attached hydrogens (tertiary/aromatic N) is 2. The minimum atomic E-state index is -0.0389. The highest BCUT2D eigenvalue weighted by Gasteiger charge is 2.45. The average molecular weight is 281 g/mol. The Kier molecular flexibility index (Phi) is 2.67. The molecule has 0 spiro atoms. The van der Waals surface area contributed by atoms with Crippen LogP contribution >= 0.6 is 0 Å². The Balaban J connectivity index is 1.67. The molecule has 1 saturated heterocycles. The van der Waals surface area contributed by atoms with Crippen molar-refractivity contribution < 1.29 is 9.59 Å². The molecule has 2 heterocycles. The topological polar surface area (TPSA) is 66.1 Å².